The van der Waals surface area contributed by atoms with Gasteiger partial charge in [0.25, 0.3) is 5.69 Å². The fourth-order valence-electron chi connectivity index (χ4n) is 3.60. The number of carbonyl (C=O) groups is 2. The van der Waals surface area contributed by atoms with Gasteiger partial charge < -0.3 is 15.0 Å². The van der Waals surface area contributed by atoms with Gasteiger partial charge in [-0.15, -0.1) is 0 Å². The Morgan fingerprint density at radius 2 is 1.86 bits per heavy atom. The van der Waals surface area contributed by atoms with E-state index in [2.05, 4.69) is 17.9 Å². The summed E-state index contributed by atoms with van der Waals surface area (Å²) in [6, 6.07) is 4.87. The van der Waals surface area contributed by atoms with Crippen LogP contribution in [0.1, 0.15) is 12.0 Å². The zero-order chi connectivity index (χ0) is 27.3. The number of halogens is 3. The summed E-state index contributed by atoms with van der Waals surface area (Å²) < 4.78 is 62.9. The number of hydrogen-bond donors (Lipinski definition) is 3. The Bertz CT molecular complexity index is 1060. The number of nitrogens with one attached hydrogen (secondary N) is 1. The van der Waals surface area contributed by atoms with Crippen LogP contribution >= 0.6 is 12.6 Å². The number of piperazine rings is 1. The second kappa shape index (κ2) is 12.2. The molecule has 2 aliphatic rings. The van der Waals surface area contributed by atoms with Crippen LogP contribution in [0.3, 0.4) is 0 Å². The zero-order valence-corrected chi connectivity index (χ0v) is 20.6. The molecule has 1 unspecified atom stereocenters. The Morgan fingerprint density at radius 1 is 1.28 bits per heavy atom. The number of likely N-dealkylation sites (tertiary alicyclic amines) is 1. The van der Waals surface area contributed by atoms with Gasteiger partial charge in [0.05, 0.1) is 11.0 Å². The Kier molecular flexibility index (Phi) is 10.1. The average Bonchev–Trinajstić information content (AvgIpc) is 3.14. The summed E-state index contributed by atoms with van der Waals surface area (Å²) in [5.74, 6) is -0.556. The van der Waals surface area contributed by atoms with E-state index in [-0.39, 0.29) is 29.5 Å². The van der Waals surface area contributed by atoms with Crippen molar-refractivity contribution >= 4 is 40.3 Å². The first-order chi connectivity index (χ1) is 16.6. The van der Waals surface area contributed by atoms with Crippen LogP contribution in [0.4, 0.5) is 18.9 Å². The van der Waals surface area contributed by atoms with Crippen molar-refractivity contribution in [2.24, 2.45) is 0 Å². The Morgan fingerprint density at radius 3 is 2.33 bits per heavy atom. The number of esters is 1. The number of nitrogens with zero attached hydrogens (tertiary/aromatic N) is 3. The lowest BCUT2D eigenvalue weighted by molar-refractivity contribution is -0.384. The number of thiol groups is 1. The number of amides is 1. The minimum atomic E-state index is -5.84. The van der Waals surface area contributed by atoms with Gasteiger partial charge in [-0.05, 0) is 31.2 Å². The highest BCUT2D eigenvalue weighted by atomic mass is 32.2. The third-order valence-corrected chi connectivity index (χ3v) is 6.39. The number of benzene rings is 1. The molecule has 36 heavy (non-hydrogen) atoms. The number of carbonyl (C=O) groups excluding carboxylic acids is 2. The molecule has 1 aromatic rings. The maximum absolute atomic E-state index is 13.0. The van der Waals surface area contributed by atoms with Gasteiger partial charge in [0, 0.05) is 43.6 Å². The SMILES string of the molecule is CN1C[C@@H](S)C[C@H]1C(=O)N1CCNCC1C(=O)OCc1ccc([N+](=O)[O-])cc1.O=S(=O)(O)C(F)(F)F. The van der Waals surface area contributed by atoms with Crippen LogP contribution in [0.5, 0.6) is 0 Å². The van der Waals surface area contributed by atoms with Crippen LogP contribution < -0.4 is 5.32 Å². The summed E-state index contributed by atoms with van der Waals surface area (Å²) in [6.07, 6.45) is 0.660. The van der Waals surface area contributed by atoms with Crippen LogP contribution in [-0.4, -0.2) is 95.6 Å². The van der Waals surface area contributed by atoms with Crippen molar-refractivity contribution in [3.8, 4) is 0 Å². The number of nitro benzene ring substituents is 1. The predicted molar refractivity (Wildman–Crippen MR) is 123 cm³/mol. The molecule has 2 aliphatic heterocycles. The van der Waals surface area contributed by atoms with Crippen LogP contribution in [0.2, 0.25) is 0 Å². The summed E-state index contributed by atoms with van der Waals surface area (Å²) >= 11 is 4.47. The molecule has 0 spiro atoms. The smallest absolute Gasteiger partial charge is 0.459 e. The third-order valence-electron chi connectivity index (χ3n) is 5.43. The van der Waals surface area contributed by atoms with Gasteiger partial charge in [0.2, 0.25) is 5.91 Å². The standard InChI is InChI=1S/C18H24N4O5S.CHF3O3S/c1-20-10-14(28)8-15(20)17(23)21-7-6-19-9-16(21)18(24)27-11-12-2-4-13(5-3-12)22(25)26;2-1(3,4)8(5,6)7/h2-5,14-16,19,28H,6-11H2,1H3;(H,5,6,7)/t14-,15-,16?;/m0./s1. The van der Waals surface area contributed by atoms with E-state index in [0.29, 0.717) is 31.6 Å². The van der Waals surface area contributed by atoms with E-state index in [1.54, 1.807) is 17.0 Å². The first-order valence-corrected chi connectivity index (χ1v) is 12.4. The predicted octanol–water partition coefficient (Wildman–Crippen LogP) is 0.835. The highest BCUT2D eigenvalue weighted by molar-refractivity contribution is 7.86. The summed E-state index contributed by atoms with van der Waals surface area (Å²) in [6.45, 7) is 2.14. The molecular weight excluding hydrogens is 533 g/mol. The minimum absolute atomic E-state index is 0.00258. The van der Waals surface area contributed by atoms with Gasteiger partial charge >= 0.3 is 21.6 Å². The molecule has 202 valence electrons. The number of hydrogen-bond acceptors (Lipinski definition) is 10. The van der Waals surface area contributed by atoms with Gasteiger partial charge in [0.1, 0.15) is 12.6 Å². The van der Waals surface area contributed by atoms with E-state index in [4.69, 9.17) is 17.7 Å². The maximum atomic E-state index is 13.0. The van der Waals surface area contributed by atoms with E-state index in [0.717, 1.165) is 6.54 Å². The van der Waals surface area contributed by atoms with E-state index < -0.39 is 32.6 Å². The summed E-state index contributed by atoms with van der Waals surface area (Å²) in [5.41, 5.74) is -4.91. The molecular formula is C19H25F3N4O8S2. The molecule has 2 N–H and O–H groups in total. The molecule has 0 aliphatic carbocycles. The lowest BCUT2D eigenvalue weighted by Crippen LogP contribution is -2.60. The Labute approximate surface area is 210 Å². The number of rotatable bonds is 5. The second-order valence-corrected chi connectivity index (χ2v) is 10.2. The number of ether oxygens (including phenoxy) is 1. The van der Waals surface area contributed by atoms with Crippen LogP contribution in [0.15, 0.2) is 24.3 Å². The molecule has 0 aromatic heterocycles. The van der Waals surface area contributed by atoms with E-state index in [1.165, 1.54) is 12.1 Å². The first-order valence-electron chi connectivity index (χ1n) is 10.4. The maximum Gasteiger partial charge on any atom is 0.522 e. The largest absolute Gasteiger partial charge is 0.522 e. The molecule has 1 amide bonds. The highest BCUT2D eigenvalue weighted by Crippen LogP contribution is 2.23. The average molecular weight is 559 g/mol. The van der Waals surface area contributed by atoms with Gasteiger partial charge in [0.15, 0.2) is 0 Å². The van der Waals surface area contributed by atoms with Gasteiger partial charge in [-0.25, -0.2) is 4.79 Å². The lowest BCUT2D eigenvalue weighted by Gasteiger charge is -2.37. The molecule has 1 aromatic carbocycles. The van der Waals surface area contributed by atoms with E-state index in [9.17, 15) is 32.9 Å². The quantitative estimate of drug-likeness (QED) is 0.118. The Balaban J connectivity index is 0.000000493. The fourth-order valence-corrected chi connectivity index (χ4v) is 4.05. The van der Waals surface area contributed by atoms with Crippen LogP contribution in [0, 0.1) is 10.1 Å². The summed E-state index contributed by atoms with van der Waals surface area (Å²) in [4.78, 5) is 39.4. The number of likely N-dealkylation sites (N-methyl/N-ethyl adjacent to an activating group) is 1. The zero-order valence-electron chi connectivity index (χ0n) is 18.9. The third kappa shape index (κ3) is 8.02. The first kappa shape index (κ1) is 29.8. The van der Waals surface area contributed by atoms with Crippen molar-refractivity contribution < 1.29 is 45.4 Å². The summed E-state index contributed by atoms with van der Waals surface area (Å²) in [5, 5.41) is 14.0. The highest BCUT2D eigenvalue weighted by Gasteiger charge is 2.44. The normalized spacial score (nSPS) is 22.9. The van der Waals surface area contributed by atoms with Crippen LogP contribution in [-0.2, 0) is 31.1 Å². The van der Waals surface area contributed by atoms with Gasteiger partial charge in [-0.1, -0.05) is 0 Å². The topological polar surface area (TPSA) is 159 Å². The molecule has 0 saturated carbocycles. The molecule has 17 heteroatoms. The lowest BCUT2D eigenvalue weighted by atomic mass is 10.1. The van der Waals surface area contributed by atoms with Crippen molar-refractivity contribution in [2.45, 2.75) is 35.9 Å². The molecule has 2 heterocycles. The fraction of sp³-hybridized carbons (Fsp3) is 0.579. The number of non-ortho nitro benzene ring substituents is 1. The molecule has 2 fully saturated rings. The van der Waals surface area contributed by atoms with Crippen molar-refractivity contribution in [2.75, 3.05) is 33.2 Å². The van der Waals surface area contributed by atoms with Gasteiger partial charge in [-0.2, -0.15) is 34.2 Å². The minimum Gasteiger partial charge on any atom is -0.459 e. The number of alkyl halides is 3. The monoisotopic (exact) mass is 558 g/mol. The van der Waals surface area contributed by atoms with Crippen molar-refractivity contribution in [3.05, 3.63) is 39.9 Å². The van der Waals surface area contributed by atoms with Gasteiger partial charge in [-0.3, -0.25) is 24.4 Å². The molecule has 2 saturated heterocycles. The van der Waals surface area contributed by atoms with Crippen molar-refractivity contribution in [3.63, 3.8) is 0 Å². The van der Waals surface area contributed by atoms with Crippen LogP contribution in [0.25, 0.3) is 0 Å². The molecule has 12 nitrogen and oxygen atoms in total. The number of nitro groups is 1. The van der Waals surface area contributed by atoms with Crippen molar-refractivity contribution in [1.82, 2.24) is 15.1 Å². The summed E-state index contributed by atoms with van der Waals surface area (Å²) in [7, 11) is -3.95. The van der Waals surface area contributed by atoms with Crippen molar-refractivity contribution in [1.29, 1.82) is 0 Å². The molecule has 3 atom stereocenters. The second-order valence-electron chi connectivity index (χ2n) is 8.05. The van der Waals surface area contributed by atoms with E-state index >= 15 is 0 Å². The Hall–Kier alpha value is -2.47. The molecule has 0 bridgehead atoms. The molecule has 0 radical (unpaired) electrons. The molecule has 3 rings (SSSR count). The van der Waals surface area contributed by atoms with E-state index in [1.807, 2.05) is 11.9 Å².